The third-order valence-electron chi connectivity index (χ3n) is 4.10. The molecule has 0 spiro atoms. The zero-order valence-electron chi connectivity index (χ0n) is 14.5. The number of hydrogen-bond donors (Lipinski definition) is 1. The van der Waals surface area contributed by atoms with E-state index in [-0.39, 0.29) is 0 Å². The molecule has 8 heteroatoms. The third-order valence-corrected chi connectivity index (χ3v) is 5.63. The quantitative estimate of drug-likeness (QED) is 0.475. The molecule has 3 aromatic heterocycles. The van der Waals surface area contributed by atoms with Crippen LogP contribution in [0.25, 0.3) is 16.9 Å². The number of aromatic nitrogens is 4. The Morgan fingerprint density at radius 3 is 2.81 bits per heavy atom. The molecule has 0 saturated carbocycles. The number of nitrogens with one attached hydrogen (secondary N) is 1. The molecule has 0 fully saturated rings. The van der Waals surface area contributed by atoms with Crippen molar-refractivity contribution in [2.45, 2.75) is 11.4 Å². The molecule has 0 aliphatic rings. The predicted molar refractivity (Wildman–Crippen MR) is 110 cm³/mol. The molecule has 1 N–H and O–H groups in total. The molecule has 1 atom stereocenters. The summed E-state index contributed by atoms with van der Waals surface area (Å²) in [6, 6.07) is 13.4. The molecule has 136 valence electrons. The summed E-state index contributed by atoms with van der Waals surface area (Å²) < 4.78 is 14.7. The van der Waals surface area contributed by atoms with Crippen molar-refractivity contribution in [3.63, 3.8) is 0 Å². The highest BCUT2D eigenvalue weighted by Gasteiger charge is 2.17. The normalized spacial score (nSPS) is 12.3. The zero-order chi connectivity index (χ0) is 18.8. The summed E-state index contributed by atoms with van der Waals surface area (Å²) in [7, 11) is 0. The Bertz CT molecular complexity index is 1080. The zero-order valence-corrected chi connectivity index (χ0v) is 16.9. The van der Waals surface area contributed by atoms with Crippen molar-refractivity contribution in [1.29, 1.82) is 0 Å². The lowest BCUT2D eigenvalue weighted by atomic mass is 10.1. The van der Waals surface area contributed by atoms with Gasteiger partial charge in [-0.2, -0.15) is 9.61 Å². The molecule has 6 nitrogen and oxygen atoms in total. The second-order valence-electron chi connectivity index (χ2n) is 5.92. The largest absolute Gasteiger partial charge is 0.612 e. The lowest BCUT2D eigenvalue weighted by molar-refractivity contribution is 0.601. The highest BCUT2D eigenvalue weighted by atomic mass is 79.9. The van der Waals surface area contributed by atoms with Crippen molar-refractivity contribution in [3.8, 4) is 11.3 Å². The molecule has 0 aliphatic carbocycles. The van der Waals surface area contributed by atoms with Crippen molar-refractivity contribution in [1.82, 2.24) is 19.6 Å². The van der Waals surface area contributed by atoms with Gasteiger partial charge in [-0.3, -0.25) is 4.98 Å². The molecule has 27 heavy (non-hydrogen) atoms. The van der Waals surface area contributed by atoms with E-state index in [4.69, 9.17) is 4.98 Å². The standard InChI is InChI=1S/C19H16BrN5OS/c1-27(26)17-7-3-2-6-14(17)16-9-18(22-11-13-5-4-8-21-10-13)25-19(24-16)15(20)12-23-25/h2-10,12,22H,11H2,1H3. The van der Waals surface area contributed by atoms with Crippen LogP contribution in [0.15, 0.2) is 70.4 Å². The van der Waals surface area contributed by atoms with Gasteiger partial charge in [0, 0.05) is 25.0 Å². The van der Waals surface area contributed by atoms with Gasteiger partial charge in [-0.15, -0.1) is 0 Å². The van der Waals surface area contributed by atoms with Gasteiger partial charge >= 0.3 is 0 Å². The first-order chi connectivity index (χ1) is 13.1. The topological polar surface area (TPSA) is 78.2 Å². The third kappa shape index (κ3) is 3.69. The van der Waals surface area contributed by atoms with Crippen molar-refractivity contribution in [2.24, 2.45) is 0 Å². The molecule has 0 aliphatic heterocycles. The average molecular weight is 442 g/mol. The van der Waals surface area contributed by atoms with E-state index in [2.05, 4.69) is 31.3 Å². The van der Waals surface area contributed by atoms with Crippen LogP contribution in [0.3, 0.4) is 0 Å². The Kier molecular flexibility index (Phi) is 5.11. The minimum Gasteiger partial charge on any atom is -0.612 e. The number of rotatable bonds is 5. The second-order valence-corrected chi connectivity index (χ2v) is 8.12. The van der Waals surface area contributed by atoms with E-state index >= 15 is 0 Å². The van der Waals surface area contributed by atoms with Gasteiger partial charge in [0.1, 0.15) is 12.1 Å². The van der Waals surface area contributed by atoms with Gasteiger partial charge in [-0.25, -0.2) is 4.98 Å². The molecule has 0 bridgehead atoms. The first-order valence-corrected chi connectivity index (χ1v) is 10.6. The fourth-order valence-corrected chi connectivity index (χ4v) is 3.92. The van der Waals surface area contributed by atoms with E-state index in [9.17, 15) is 4.55 Å². The molecule has 1 unspecified atom stereocenters. The summed E-state index contributed by atoms with van der Waals surface area (Å²) in [5, 5.41) is 7.79. The fraction of sp³-hybridized carbons (Fsp3) is 0.105. The Balaban J connectivity index is 1.80. The molecule has 0 amide bonds. The molecule has 0 saturated heterocycles. The predicted octanol–water partition coefficient (Wildman–Crippen LogP) is 3.90. The Hall–Kier alpha value is -2.42. The van der Waals surface area contributed by atoms with Crippen LogP contribution < -0.4 is 5.32 Å². The van der Waals surface area contributed by atoms with Gasteiger partial charge in [-0.1, -0.05) is 18.2 Å². The molecular formula is C19H16BrN5OS. The molecule has 1 aromatic carbocycles. The maximum Gasteiger partial charge on any atom is 0.172 e. The minimum absolute atomic E-state index is 0.602. The maximum atomic E-state index is 12.1. The highest BCUT2D eigenvalue weighted by molar-refractivity contribution is 9.10. The van der Waals surface area contributed by atoms with Crippen LogP contribution in [0.5, 0.6) is 0 Å². The summed E-state index contributed by atoms with van der Waals surface area (Å²) in [6.45, 7) is 0.602. The Morgan fingerprint density at radius 1 is 1.19 bits per heavy atom. The van der Waals surface area contributed by atoms with Crippen molar-refractivity contribution < 1.29 is 4.55 Å². The van der Waals surface area contributed by atoms with E-state index in [0.29, 0.717) is 12.2 Å². The number of hydrogen-bond acceptors (Lipinski definition) is 5. The highest BCUT2D eigenvalue weighted by Crippen LogP contribution is 2.30. The van der Waals surface area contributed by atoms with Gasteiger partial charge in [0.15, 0.2) is 10.5 Å². The Morgan fingerprint density at radius 2 is 2.04 bits per heavy atom. The van der Waals surface area contributed by atoms with Crippen LogP contribution >= 0.6 is 15.9 Å². The van der Waals surface area contributed by atoms with Crippen LogP contribution in [0.4, 0.5) is 5.82 Å². The minimum atomic E-state index is -1.11. The van der Waals surface area contributed by atoms with Gasteiger partial charge < -0.3 is 9.87 Å². The maximum absolute atomic E-state index is 12.1. The smallest absolute Gasteiger partial charge is 0.172 e. The summed E-state index contributed by atoms with van der Waals surface area (Å²) in [6.07, 6.45) is 6.96. The van der Waals surface area contributed by atoms with E-state index in [1.807, 2.05) is 48.7 Å². The molecular weight excluding hydrogens is 426 g/mol. The van der Waals surface area contributed by atoms with Crippen LogP contribution in [0.1, 0.15) is 5.56 Å². The second kappa shape index (κ2) is 7.67. The monoisotopic (exact) mass is 441 g/mol. The van der Waals surface area contributed by atoms with E-state index < -0.39 is 11.2 Å². The van der Waals surface area contributed by atoms with E-state index in [1.54, 1.807) is 23.2 Å². The molecule has 3 heterocycles. The number of halogens is 1. The van der Waals surface area contributed by atoms with Crippen LogP contribution in [0, 0.1) is 0 Å². The van der Waals surface area contributed by atoms with Crippen molar-refractivity contribution in [3.05, 3.63) is 71.1 Å². The number of benzene rings is 1. The van der Waals surface area contributed by atoms with Crippen LogP contribution in [-0.2, 0) is 17.7 Å². The average Bonchev–Trinajstić information content (AvgIpc) is 3.08. The Labute approximate surface area is 168 Å². The molecule has 4 aromatic rings. The number of pyridine rings is 1. The van der Waals surface area contributed by atoms with Crippen molar-refractivity contribution in [2.75, 3.05) is 11.6 Å². The van der Waals surface area contributed by atoms with E-state index in [0.717, 1.165) is 32.0 Å². The number of fused-ring (bicyclic) bond motifs is 1. The van der Waals surface area contributed by atoms with Gasteiger partial charge in [0.2, 0.25) is 0 Å². The number of anilines is 1. The summed E-state index contributed by atoms with van der Waals surface area (Å²) in [5.41, 5.74) is 3.34. The van der Waals surface area contributed by atoms with Crippen LogP contribution in [0.2, 0.25) is 0 Å². The van der Waals surface area contributed by atoms with Gasteiger partial charge in [0.25, 0.3) is 0 Å². The first-order valence-electron chi connectivity index (χ1n) is 8.23. The summed E-state index contributed by atoms with van der Waals surface area (Å²) in [4.78, 5) is 9.63. The SMILES string of the molecule is C[S+]([O-])c1ccccc1-c1cc(NCc2cccnc2)n2ncc(Br)c2n1. The lowest BCUT2D eigenvalue weighted by Gasteiger charge is -2.13. The van der Waals surface area contributed by atoms with Gasteiger partial charge in [-0.05, 0) is 50.9 Å². The lowest BCUT2D eigenvalue weighted by Crippen LogP contribution is -2.08. The summed E-state index contributed by atoms with van der Waals surface area (Å²) >= 11 is 2.39. The molecule has 4 rings (SSSR count). The molecule has 0 radical (unpaired) electrons. The number of nitrogens with zero attached hydrogens (tertiary/aromatic N) is 4. The van der Waals surface area contributed by atoms with Gasteiger partial charge in [0.05, 0.1) is 21.9 Å². The van der Waals surface area contributed by atoms with Crippen molar-refractivity contribution >= 4 is 38.6 Å². The van der Waals surface area contributed by atoms with E-state index in [1.165, 1.54) is 0 Å². The summed E-state index contributed by atoms with van der Waals surface area (Å²) in [5.74, 6) is 0.793. The first kappa shape index (κ1) is 18.0. The fourth-order valence-electron chi connectivity index (χ4n) is 2.82. The van der Waals surface area contributed by atoms with Crippen LogP contribution in [-0.4, -0.2) is 30.4 Å².